The van der Waals surface area contributed by atoms with Crippen molar-refractivity contribution in [1.82, 2.24) is 4.98 Å². The normalized spacial score (nSPS) is 9.62. The van der Waals surface area contributed by atoms with Crippen LogP contribution in [-0.4, -0.2) is 16.9 Å². The van der Waals surface area contributed by atoms with Crippen molar-refractivity contribution in [1.29, 1.82) is 0 Å². The first-order valence-electron chi connectivity index (χ1n) is 3.49. The van der Waals surface area contributed by atoms with Gasteiger partial charge in [-0.1, -0.05) is 0 Å². The molecule has 1 aromatic rings. The second-order valence-corrected chi connectivity index (χ2v) is 3.21. The highest BCUT2D eigenvalue weighted by Crippen LogP contribution is 2.11. The van der Waals surface area contributed by atoms with E-state index in [0.29, 0.717) is 10.8 Å². The highest BCUT2D eigenvalue weighted by Gasteiger charge is 2.09. The van der Waals surface area contributed by atoms with Crippen LogP contribution in [0.2, 0.25) is 0 Å². The van der Waals surface area contributed by atoms with Crippen LogP contribution in [0.3, 0.4) is 0 Å². The van der Waals surface area contributed by atoms with Gasteiger partial charge in [-0.3, -0.25) is 9.59 Å². The Kier molecular flexibility index (Phi) is 2.97. The summed E-state index contributed by atoms with van der Waals surface area (Å²) in [6, 6.07) is 0. The number of rotatable bonds is 2. The molecule has 0 bridgehead atoms. The smallest absolute Gasteiger partial charge is 0.319 e. The third-order valence-corrected chi connectivity index (χ3v) is 1.88. The summed E-state index contributed by atoms with van der Waals surface area (Å²) in [5, 5.41) is 2.04. The van der Waals surface area contributed by atoms with Gasteiger partial charge in [0.2, 0.25) is 0 Å². The molecule has 0 aromatic carbocycles. The Morgan fingerprint density at radius 3 is 2.85 bits per heavy atom. The lowest BCUT2D eigenvalue weighted by molar-refractivity contribution is -0.157. The highest BCUT2D eigenvalue weighted by molar-refractivity contribution is 7.13. The van der Waals surface area contributed by atoms with Gasteiger partial charge in [-0.25, -0.2) is 4.98 Å². The molecule has 0 spiro atoms. The first-order valence-corrected chi connectivity index (χ1v) is 4.37. The number of esters is 2. The van der Waals surface area contributed by atoms with E-state index in [4.69, 9.17) is 5.73 Å². The number of nitrogen functional groups attached to an aromatic ring is 1. The van der Waals surface area contributed by atoms with Crippen molar-refractivity contribution in [2.75, 3.05) is 5.73 Å². The van der Waals surface area contributed by atoms with E-state index in [-0.39, 0.29) is 6.42 Å². The number of thiazole rings is 1. The van der Waals surface area contributed by atoms with Crippen LogP contribution < -0.4 is 5.73 Å². The van der Waals surface area contributed by atoms with E-state index in [1.165, 1.54) is 18.3 Å². The molecule has 13 heavy (non-hydrogen) atoms. The third-order valence-electron chi connectivity index (χ3n) is 1.15. The molecule has 0 saturated heterocycles. The topological polar surface area (TPSA) is 82.3 Å². The Hall–Kier alpha value is -1.43. The number of nitrogens with zero attached hydrogens (tertiary/aromatic N) is 1. The zero-order valence-electron chi connectivity index (χ0n) is 6.94. The number of carbonyl (C=O) groups is 2. The number of carbonyl (C=O) groups excluding carboxylic acids is 2. The van der Waals surface area contributed by atoms with Crippen molar-refractivity contribution < 1.29 is 14.3 Å². The summed E-state index contributed by atoms with van der Waals surface area (Å²) in [5.74, 6) is -1.23. The highest BCUT2D eigenvalue weighted by atomic mass is 32.1. The lowest BCUT2D eigenvalue weighted by Crippen LogP contribution is -2.11. The maximum atomic E-state index is 10.9. The Balaban J connectivity index is 2.50. The van der Waals surface area contributed by atoms with Gasteiger partial charge in [-0.2, -0.15) is 0 Å². The Morgan fingerprint density at radius 1 is 1.69 bits per heavy atom. The largest absolute Gasteiger partial charge is 0.393 e. The molecule has 1 rings (SSSR count). The van der Waals surface area contributed by atoms with E-state index in [1.54, 1.807) is 5.38 Å². The average molecular weight is 200 g/mol. The van der Waals surface area contributed by atoms with Gasteiger partial charge in [0.1, 0.15) is 0 Å². The second kappa shape index (κ2) is 3.99. The molecule has 0 aliphatic heterocycles. The Labute approximate surface area is 78.5 Å². The van der Waals surface area contributed by atoms with Crippen LogP contribution in [-0.2, 0) is 20.7 Å². The first kappa shape index (κ1) is 9.66. The molecule has 1 aromatic heterocycles. The standard InChI is InChI=1S/C7H8N2O3S/c1-4(10)12-6(11)2-5-3-13-7(8)9-5/h3H,2H2,1H3,(H2,8,9). The fourth-order valence-electron chi connectivity index (χ4n) is 0.748. The van der Waals surface area contributed by atoms with Gasteiger partial charge in [0.25, 0.3) is 0 Å². The molecular weight excluding hydrogens is 192 g/mol. The van der Waals surface area contributed by atoms with Crippen molar-refractivity contribution in [3.05, 3.63) is 11.1 Å². The summed E-state index contributed by atoms with van der Waals surface area (Å²) >= 11 is 1.24. The quantitative estimate of drug-likeness (QED) is 0.550. The van der Waals surface area contributed by atoms with Crippen LogP contribution in [0.15, 0.2) is 5.38 Å². The van der Waals surface area contributed by atoms with Gasteiger partial charge in [0.15, 0.2) is 5.13 Å². The van der Waals surface area contributed by atoms with Crippen molar-refractivity contribution in [2.45, 2.75) is 13.3 Å². The van der Waals surface area contributed by atoms with Crippen molar-refractivity contribution in [3.8, 4) is 0 Å². The van der Waals surface area contributed by atoms with E-state index in [2.05, 4.69) is 9.72 Å². The second-order valence-electron chi connectivity index (χ2n) is 2.32. The van der Waals surface area contributed by atoms with E-state index >= 15 is 0 Å². The van der Waals surface area contributed by atoms with Crippen LogP contribution in [0.1, 0.15) is 12.6 Å². The van der Waals surface area contributed by atoms with Crippen molar-refractivity contribution >= 4 is 28.4 Å². The van der Waals surface area contributed by atoms with Gasteiger partial charge < -0.3 is 10.5 Å². The molecule has 0 saturated carbocycles. The van der Waals surface area contributed by atoms with E-state index in [1.807, 2.05) is 0 Å². The van der Waals surface area contributed by atoms with Gasteiger partial charge in [0, 0.05) is 12.3 Å². The molecule has 0 aliphatic carbocycles. The van der Waals surface area contributed by atoms with Crippen LogP contribution >= 0.6 is 11.3 Å². The number of ether oxygens (including phenoxy) is 1. The van der Waals surface area contributed by atoms with E-state index in [0.717, 1.165) is 0 Å². The maximum Gasteiger partial charge on any atom is 0.319 e. The predicted octanol–water partition coefficient (Wildman–Crippen LogP) is 0.358. The van der Waals surface area contributed by atoms with Gasteiger partial charge in [-0.05, 0) is 0 Å². The maximum absolute atomic E-state index is 10.9. The molecule has 0 radical (unpaired) electrons. The van der Waals surface area contributed by atoms with Crippen LogP contribution in [0.4, 0.5) is 5.13 Å². The zero-order chi connectivity index (χ0) is 9.84. The number of hydrogen-bond acceptors (Lipinski definition) is 6. The third kappa shape index (κ3) is 3.20. The Bertz CT molecular complexity index is 334. The predicted molar refractivity (Wildman–Crippen MR) is 47.0 cm³/mol. The Morgan fingerprint density at radius 2 is 2.38 bits per heavy atom. The molecule has 2 N–H and O–H groups in total. The summed E-state index contributed by atoms with van der Waals surface area (Å²) in [5.41, 5.74) is 5.87. The average Bonchev–Trinajstić information content (AvgIpc) is 2.33. The van der Waals surface area contributed by atoms with Crippen molar-refractivity contribution in [2.24, 2.45) is 0 Å². The van der Waals surface area contributed by atoms with E-state index in [9.17, 15) is 9.59 Å². The number of nitrogens with two attached hydrogens (primary N) is 1. The molecular formula is C7H8N2O3S. The molecule has 0 amide bonds. The summed E-state index contributed by atoms with van der Waals surface area (Å²) in [4.78, 5) is 25.1. The van der Waals surface area contributed by atoms with Crippen LogP contribution in [0.25, 0.3) is 0 Å². The number of anilines is 1. The summed E-state index contributed by atoms with van der Waals surface area (Å²) < 4.78 is 4.31. The van der Waals surface area contributed by atoms with Crippen molar-refractivity contribution in [3.63, 3.8) is 0 Å². The lowest BCUT2D eigenvalue weighted by Gasteiger charge is -1.95. The molecule has 5 nitrogen and oxygen atoms in total. The summed E-state index contributed by atoms with van der Waals surface area (Å²) in [6.07, 6.45) is -0.0206. The SMILES string of the molecule is CC(=O)OC(=O)Cc1csc(N)n1. The molecule has 0 fully saturated rings. The zero-order valence-corrected chi connectivity index (χ0v) is 7.76. The van der Waals surface area contributed by atoms with Gasteiger partial charge in [-0.15, -0.1) is 11.3 Å². The van der Waals surface area contributed by atoms with Crippen LogP contribution in [0.5, 0.6) is 0 Å². The monoisotopic (exact) mass is 200 g/mol. The number of hydrogen-bond donors (Lipinski definition) is 1. The first-order chi connectivity index (χ1) is 6.08. The lowest BCUT2D eigenvalue weighted by atomic mass is 10.3. The molecule has 0 atom stereocenters. The molecule has 1 heterocycles. The van der Waals surface area contributed by atoms with E-state index < -0.39 is 11.9 Å². The summed E-state index contributed by atoms with van der Waals surface area (Å²) in [7, 11) is 0. The van der Waals surface area contributed by atoms with Crippen LogP contribution in [0, 0.1) is 0 Å². The van der Waals surface area contributed by atoms with Gasteiger partial charge >= 0.3 is 11.9 Å². The summed E-state index contributed by atoms with van der Waals surface area (Å²) in [6.45, 7) is 1.17. The fraction of sp³-hybridized carbons (Fsp3) is 0.286. The minimum Gasteiger partial charge on any atom is -0.393 e. The molecule has 0 unspecified atom stereocenters. The van der Waals surface area contributed by atoms with Gasteiger partial charge in [0.05, 0.1) is 12.1 Å². The molecule has 6 heteroatoms. The minimum atomic E-state index is -0.617. The number of aromatic nitrogens is 1. The fourth-order valence-corrected chi connectivity index (χ4v) is 1.31. The molecule has 0 aliphatic rings. The minimum absolute atomic E-state index is 0.0206. The molecule has 70 valence electrons.